The van der Waals surface area contributed by atoms with Crippen LogP contribution in [0.2, 0.25) is 0 Å². The number of amides is 1. The lowest BCUT2D eigenvalue weighted by Gasteiger charge is -2.31. The van der Waals surface area contributed by atoms with Gasteiger partial charge in [0, 0.05) is 25.1 Å². The fourth-order valence-electron chi connectivity index (χ4n) is 3.78. The number of carbonyl (C=O) groups excluding carboxylic acids is 1. The van der Waals surface area contributed by atoms with Gasteiger partial charge in [-0.25, -0.2) is 15.0 Å². The van der Waals surface area contributed by atoms with E-state index in [9.17, 15) is 4.79 Å². The van der Waals surface area contributed by atoms with Crippen molar-refractivity contribution in [2.45, 2.75) is 50.7 Å². The summed E-state index contributed by atoms with van der Waals surface area (Å²) in [6.07, 6.45) is 10.5. The molecule has 0 unspecified atom stereocenters. The fourth-order valence-corrected chi connectivity index (χ4v) is 4.71. The number of rotatable bonds is 3. The lowest BCUT2D eigenvalue weighted by molar-refractivity contribution is -0.134. The Labute approximate surface area is 145 Å². The highest BCUT2D eigenvalue weighted by molar-refractivity contribution is 7.15. The van der Waals surface area contributed by atoms with Gasteiger partial charge in [0.2, 0.25) is 5.91 Å². The van der Waals surface area contributed by atoms with Crippen LogP contribution < -0.4 is 5.32 Å². The van der Waals surface area contributed by atoms with E-state index in [1.807, 2.05) is 18.0 Å². The molecule has 2 aromatic heterocycles. The van der Waals surface area contributed by atoms with Gasteiger partial charge in [-0.1, -0.05) is 19.3 Å². The first-order valence-corrected chi connectivity index (χ1v) is 9.37. The standard InChI is InChI=1S/C17H21N5OS/c1-2-22-14(21-17(16(22)23)7-4-3-5-8-17)12-11-20-15(24-12)13-18-9-6-10-19-13/h6,9-11,14,21H,2-5,7-8H2,1H3/t14-/m1/s1. The lowest BCUT2D eigenvalue weighted by atomic mass is 9.82. The van der Waals surface area contributed by atoms with E-state index in [-0.39, 0.29) is 17.6 Å². The van der Waals surface area contributed by atoms with Crippen molar-refractivity contribution in [3.8, 4) is 10.8 Å². The molecule has 1 aliphatic heterocycles. The zero-order valence-corrected chi connectivity index (χ0v) is 14.6. The highest BCUT2D eigenvalue weighted by atomic mass is 32.1. The van der Waals surface area contributed by atoms with Gasteiger partial charge in [0.15, 0.2) is 10.8 Å². The highest BCUT2D eigenvalue weighted by Crippen LogP contribution is 2.41. The van der Waals surface area contributed by atoms with Gasteiger partial charge in [-0.2, -0.15) is 0 Å². The minimum Gasteiger partial charge on any atom is -0.321 e. The Hall–Kier alpha value is -1.86. The molecule has 6 nitrogen and oxygen atoms in total. The van der Waals surface area contributed by atoms with E-state index in [0.717, 1.165) is 35.6 Å². The van der Waals surface area contributed by atoms with Crippen LogP contribution in [-0.4, -0.2) is 37.8 Å². The predicted octanol–water partition coefficient (Wildman–Crippen LogP) is 2.75. The average Bonchev–Trinajstić information content (AvgIpc) is 3.21. The van der Waals surface area contributed by atoms with Crippen molar-refractivity contribution < 1.29 is 4.79 Å². The second-order valence-corrected chi connectivity index (χ2v) is 7.48. The summed E-state index contributed by atoms with van der Waals surface area (Å²) in [6.45, 7) is 2.74. The molecule has 0 radical (unpaired) electrons. The van der Waals surface area contributed by atoms with Gasteiger partial charge < -0.3 is 4.90 Å². The molecule has 126 valence electrons. The maximum atomic E-state index is 13.0. The first-order chi connectivity index (χ1) is 11.7. The van der Waals surface area contributed by atoms with E-state index < -0.39 is 0 Å². The minimum atomic E-state index is -0.369. The molecule has 24 heavy (non-hydrogen) atoms. The number of hydrogen-bond donors (Lipinski definition) is 1. The quantitative estimate of drug-likeness (QED) is 0.928. The molecule has 2 aromatic rings. The van der Waals surface area contributed by atoms with Crippen molar-refractivity contribution in [2.75, 3.05) is 6.54 Å². The average molecular weight is 343 g/mol. The second kappa shape index (κ2) is 6.22. The van der Waals surface area contributed by atoms with E-state index >= 15 is 0 Å². The molecular weight excluding hydrogens is 322 g/mol. The van der Waals surface area contributed by atoms with Crippen LogP contribution in [0, 0.1) is 0 Å². The number of hydrogen-bond acceptors (Lipinski definition) is 6. The molecule has 2 fully saturated rings. The topological polar surface area (TPSA) is 71.0 Å². The van der Waals surface area contributed by atoms with Crippen LogP contribution in [0.25, 0.3) is 10.8 Å². The largest absolute Gasteiger partial charge is 0.321 e. The van der Waals surface area contributed by atoms with Crippen molar-refractivity contribution in [3.05, 3.63) is 29.5 Å². The SMILES string of the molecule is CCN1C(=O)C2(CCCCC2)N[C@H]1c1cnc(-c2ncccn2)s1. The van der Waals surface area contributed by atoms with Crippen molar-refractivity contribution >= 4 is 17.2 Å². The second-order valence-electron chi connectivity index (χ2n) is 6.42. The summed E-state index contributed by atoms with van der Waals surface area (Å²) >= 11 is 1.56. The van der Waals surface area contributed by atoms with Crippen LogP contribution in [0.1, 0.15) is 50.1 Å². The van der Waals surface area contributed by atoms with Crippen LogP contribution in [0.4, 0.5) is 0 Å². The van der Waals surface area contributed by atoms with Gasteiger partial charge >= 0.3 is 0 Å². The number of nitrogens with one attached hydrogen (secondary N) is 1. The van der Waals surface area contributed by atoms with Gasteiger partial charge in [-0.15, -0.1) is 11.3 Å². The molecule has 4 rings (SSSR count). The summed E-state index contributed by atoms with van der Waals surface area (Å²) in [5.74, 6) is 0.883. The Bertz CT molecular complexity index is 726. The summed E-state index contributed by atoms with van der Waals surface area (Å²) in [4.78, 5) is 29.0. The third-order valence-electron chi connectivity index (χ3n) is 4.99. The monoisotopic (exact) mass is 343 g/mol. The van der Waals surface area contributed by atoms with Crippen molar-refractivity contribution in [1.82, 2.24) is 25.2 Å². The predicted molar refractivity (Wildman–Crippen MR) is 92.2 cm³/mol. The first-order valence-electron chi connectivity index (χ1n) is 8.55. The number of aromatic nitrogens is 3. The summed E-state index contributed by atoms with van der Waals surface area (Å²) in [6, 6.07) is 1.79. The zero-order valence-electron chi connectivity index (χ0n) is 13.7. The highest BCUT2D eigenvalue weighted by Gasteiger charge is 2.51. The smallest absolute Gasteiger partial charge is 0.244 e. The maximum absolute atomic E-state index is 13.0. The maximum Gasteiger partial charge on any atom is 0.244 e. The van der Waals surface area contributed by atoms with Crippen LogP contribution in [0.15, 0.2) is 24.7 Å². The van der Waals surface area contributed by atoms with Gasteiger partial charge in [0.25, 0.3) is 0 Å². The molecule has 1 saturated heterocycles. The summed E-state index contributed by atoms with van der Waals surface area (Å²) in [7, 11) is 0. The molecule has 0 bridgehead atoms. The van der Waals surface area contributed by atoms with Gasteiger partial charge in [-0.3, -0.25) is 10.1 Å². The third kappa shape index (κ3) is 2.52. The summed E-state index contributed by atoms with van der Waals surface area (Å²) < 4.78 is 0. The summed E-state index contributed by atoms with van der Waals surface area (Å²) in [5.41, 5.74) is -0.369. The normalized spacial score (nSPS) is 23.1. The van der Waals surface area contributed by atoms with E-state index in [1.54, 1.807) is 29.8 Å². The molecule has 1 saturated carbocycles. The number of carbonyl (C=O) groups is 1. The van der Waals surface area contributed by atoms with Crippen molar-refractivity contribution in [1.29, 1.82) is 0 Å². The van der Waals surface area contributed by atoms with Gasteiger partial charge in [0.05, 0.1) is 10.4 Å². The summed E-state index contributed by atoms with van der Waals surface area (Å²) in [5, 5.41) is 4.44. The van der Waals surface area contributed by atoms with Crippen LogP contribution in [0.5, 0.6) is 0 Å². The zero-order chi connectivity index (χ0) is 16.6. The number of nitrogens with zero attached hydrogens (tertiary/aromatic N) is 4. The van der Waals surface area contributed by atoms with E-state index in [2.05, 4.69) is 20.3 Å². The van der Waals surface area contributed by atoms with E-state index in [0.29, 0.717) is 12.4 Å². The Balaban J connectivity index is 1.64. The molecule has 1 amide bonds. The third-order valence-corrected chi connectivity index (χ3v) is 6.04. The van der Waals surface area contributed by atoms with Gasteiger partial charge in [-0.05, 0) is 25.8 Å². The van der Waals surface area contributed by atoms with Crippen LogP contribution in [0.3, 0.4) is 0 Å². The molecule has 1 atom stereocenters. The molecule has 3 heterocycles. The Kier molecular flexibility index (Phi) is 4.05. The molecular formula is C17H21N5OS. The molecule has 1 spiro atoms. The Morgan fingerprint density at radius 2 is 2.00 bits per heavy atom. The van der Waals surface area contributed by atoms with Crippen LogP contribution in [-0.2, 0) is 4.79 Å². The fraction of sp³-hybridized carbons (Fsp3) is 0.529. The van der Waals surface area contributed by atoms with Gasteiger partial charge in [0.1, 0.15) is 6.17 Å². The van der Waals surface area contributed by atoms with Crippen LogP contribution >= 0.6 is 11.3 Å². The number of likely N-dealkylation sites (N-methyl/N-ethyl adjacent to an activating group) is 1. The lowest BCUT2D eigenvalue weighted by Crippen LogP contribution is -2.48. The Morgan fingerprint density at radius 1 is 1.25 bits per heavy atom. The minimum absolute atomic E-state index is 0.0874. The molecule has 7 heteroatoms. The Morgan fingerprint density at radius 3 is 2.71 bits per heavy atom. The van der Waals surface area contributed by atoms with E-state index in [4.69, 9.17) is 0 Å². The van der Waals surface area contributed by atoms with Crippen molar-refractivity contribution in [2.24, 2.45) is 0 Å². The van der Waals surface area contributed by atoms with Crippen molar-refractivity contribution in [3.63, 3.8) is 0 Å². The first kappa shape index (κ1) is 15.7. The van der Waals surface area contributed by atoms with E-state index in [1.165, 1.54) is 6.42 Å². The molecule has 2 aliphatic rings. The molecule has 0 aromatic carbocycles. The molecule has 1 aliphatic carbocycles. The molecule has 1 N–H and O–H groups in total. The number of thiazole rings is 1.